The highest BCUT2D eigenvalue weighted by atomic mass is 16.6. The smallest absolute Gasteiger partial charge is 0.323 e. The van der Waals surface area contributed by atoms with Gasteiger partial charge >= 0.3 is 5.97 Å². The van der Waals surface area contributed by atoms with E-state index in [4.69, 9.17) is 10.5 Å². The van der Waals surface area contributed by atoms with E-state index in [1.165, 1.54) is 0 Å². The molecule has 0 amide bonds. The van der Waals surface area contributed by atoms with Crippen molar-refractivity contribution in [3.8, 4) is 0 Å². The average Bonchev–Trinajstić information content (AvgIpc) is 2.28. The molecule has 0 bridgehead atoms. The van der Waals surface area contributed by atoms with Crippen molar-refractivity contribution in [2.24, 2.45) is 5.73 Å². The fourth-order valence-electron chi connectivity index (χ4n) is 1.39. The standard InChI is InChI=1S/C15H21NO2/c1-15(2,3)18-14(17)13(16)11-7-10-12-8-5-4-6-9-12/h4-10,13H,11,16H2,1-3H3/b10-7+/t13-/m0/s1. The van der Waals surface area contributed by atoms with Crippen molar-refractivity contribution in [1.82, 2.24) is 0 Å². The van der Waals surface area contributed by atoms with Gasteiger partial charge in [0.1, 0.15) is 11.6 Å². The van der Waals surface area contributed by atoms with Crippen molar-refractivity contribution in [2.75, 3.05) is 0 Å². The molecule has 0 aliphatic rings. The lowest BCUT2D eigenvalue weighted by Crippen LogP contribution is -2.36. The van der Waals surface area contributed by atoms with Crippen LogP contribution in [0.15, 0.2) is 36.4 Å². The Morgan fingerprint density at radius 1 is 1.33 bits per heavy atom. The first-order valence-electron chi connectivity index (χ1n) is 6.08. The Morgan fingerprint density at radius 2 is 1.94 bits per heavy atom. The number of hydrogen-bond donors (Lipinski definition) is 1. The molecule has 0 aromatic heterocycles. The number of rotatable bonds is 4. The lowest BCUT2D eigenvalue weighted by Gasteiger charge is -2.21. The molecule has 0 radical (unpaired) electrons. The van der Waals surface area contributed by atoms with E-state index in [1.54, 1.807) is 0 Å². The summed E-state index contributed by atoms with van der Waals surface area (Å²) < 4.78 is 5.20. The van der Waals surface area contributed by atoms with Gasteiger partial charge in [-0.2, -0.15) is 0 Å². The fourth-order valence-corrected chi connectivity index (χ4v) is 1.39. The zero-order chi connectivity index (χ0) is 13.6. The Labute approximate surface area is 109 Å². The van der Waals surface area contributed by atoms with Gasteiger partial charge < -0.3 is 10.5 Å². The van der Waals surface area contributed by atoms with Crippen LogP contribution in [0.1, 0.15) is 32.8 Å². The third kappa shape index (κ3) is 5.64. The Bertz CT molecular complexity index is 404. The topological polar surface area (TPSA) is 52.3 Å². The van der Waals surface area contributed by atoms with Crippen molar-refractivity contribution < 1.29 is 9.53 Å². The van der Waals surface area contributed by atoms with Crippen LogP contribution in [0, 0.1) is 0 Å². The van der Waals surface area contributed by atoms with Crippen LogP contribution in [0.4, 0.5) is 0 Å². The third-order valence-corrected chi connectivity index (χ3v) is 2.21. The van der Waals surface area contributed by atoms with Gasteiger partial charge in [0.25, 0.3) is 0 Å². The second-order valence-electron chi connectivity index (χ2n) is 5.19. The summed E-state index contributed by atoms with van der Waals surface area (Å²) in [4.78, 5) is 11.6. The molecule has 3 heteroatoms. The van der Waals surface area contributed by atoms with Gasteiger partial charge in [-0.15, -0.1) is 0 Å². The molecule has 0 fully saturated rings. The van der Waals surface area contributed by atoms with Crippen molar-refractivity contribution in [3.05, 3.63) is 42.0 Å². The number of benzene rings is 1. The summed E-state index contributed by atoms with van der Waals surface area (Å²) in [7, 11) is 0. The second kappa shape index (κ2) is 6.36. The SMILES string of the molecule is CC(C)(C)OC(=O)[C@@H](N)C/C=C/c1ccccc1. The predicted molar refractivity (Wildman–Crippen MR) is 73.9 cm³/mol. The van der Waals surface area contributed by atoms with Crippen molar-refractivity contribution in [1.29, 1.82) is 0 Å². The third-order valence-electron chi connectivity index (χ3n) is 2.21. The fraction of sp³-hybridized carbons (Fsp3) is 0.400. The first-order chi connectivity index (χ1) is 8.38. The van der Waals surface area contributed by atoms with E-state index in [-0.39, 0.29) is 5.97 Å². The van der Waals surface area contributed by atoms with Crippen LogP contribution in [0.2, 0.25) is 0 Å². The summed E-state index contributed by atoms with van der Waals surface area (Å²) in [5.41, 5.74) is 6.37. The molecular formula is C15H21NO2. The predicted octanol–water partition coefficient (Wildman–Crippen LogP) is 2.76. The van der Waals surface area contributed by atoms with Gasteiger partial charge in [0.05, 0.1) is 0 Å². The van der Waals surface area contributed by atoms with Crippen LogP contribution in [0.5, 0.6) is 0 Å². The van der Waals surface area contributed by atoms with Crippen LogP contribution in [0.3, 0.4) is 0 Å². The maximum absolute atomic E-state index is 11.6. The van der Waals surface area contributed by atoms with Gasteiger partial charge in [-0.1, -0.05) is 42.5 Å². The number of esters is 1. The van der Waals surface area contributed by atoms with Crippen molar-refractivity contribution in [3.63, 3.8) is 0 Å². The monoisotopic (exact) mass is 247 g/mol. The minimum Gasteiger partial charge on any atom is -0.459 e. The first kappa shape index (κ1) is 14.5. The number of carbonyl (C=O) groups excluding carboxylic acids is 1. The Morgan fingerprint density at radius 3 is 2.50 bits per heavy atom. The molecule has 0 saturated carbocycles. The molecule has 1 aromatic rings. The number of ether oxygens (including phenoxy) is 1. The van der Waals surface area contributed by atoms with Gasteiger partial charge in [0.2, 0.25) is 0 Å². The molecule has 0 saturated heterocycles. The average molecular weight is 247 g/mol. The summed E-state index contributed by atoms with van der Waals surface area (Å²) in [6.07, 6.45) is 4.32. The minimum absolute atomic E-state index is 0.361. The van der Waals surface area contributed by atoms with Crippen molar-refractivity contribution >= 4 is 12.0 Å². The summed E-state index contributed by atoms with van der Waals surface area (Å²) >= 11 is 0. The summed E-state index contributed by atoms with van der Waals surface area (Å²) in [5, 5.41) is 0. The molecule has 2 N–H and O–H groups in total. The van der Waals surface area contributed by atoms with Crippen molar-refractivity contribution in [2.45, 2.75) is 38.8 Å². The Balaban J connectivity index is 2.44. The number of carbonyl (C=O) groups is 1. The quantitative estimate of drug-likeness (QED) is 0.832. The van der Waals surface area contributed by atoms with E-state index in [0.29, 0.717) is 6.42 Å². The van der Waals surface area contributed by atoms with Crippen LogP contribution in [-0.2, 0) is 9.53 Å². The highest BCUT2D eigenvalue weighted by molar-refractivity contribution is 5.76. The van der Waals surface area contributed by atoms with Crippen LogP contribution in [-0.4, -0.2) is 17.6 Å². The van der Waals surface area contributed by atoms with Gasteiger partial charge in [0, 0.05) is 0 Å². The van der Waals surface area contributed by atoms with Gasteiger partial charge in [-0.25, -0.2) is 0 Å². The lowest BCUT2D eigenvalue weighted by molar-refractivity contribution is -0.156. The molecule has 0 aliphatic carbocycles. The van der Waals surface area contributed by atoms with Crippen LogP contribution >= 0.6 is 0 Å². The summed E-state index contributed by atoms with van der Waals surface area (Å²) in [6.45, 7) is 5.49. The van der Waals surface area contributed by atoms with Gasteiger partial charge in [-0.05, 0) is 32.8 Å². The van der Waals surface area contributed by atoms with Crippen LogP contribution < -0.4 is 5.73 Å². The molecule has 0 unspecified atom stereocenters. The minimum atomic E-state index is -0.607. The summed E-state index contributed by atoms with van der Waals surface area (Å²) in [5.74, 6) is -0.361. The molecule has 98 valence electrons. The van der Waals surface area contributed by atoms with E-state index in [2.05, 4.69) is 0 Å². The zero-order valence-electron chi connectivity index (χ0n) is 11.2. The highest BCUT2D eigenvalue weighted by Gasteiger charge is 2.20. The van der Waals surface area contributed by atoms with E-state index >= 15 is 0 Å². The largest absolute Gasteiger partial charge is 0.459 e. The number of nitrogens with two attached hydrogens (primary N) is 1. The maximum atomic E-state index is 11.6. The van der Waals surface area contributed by atoms with Gasteiger partial charge in [0.15, 0.2) is 0 Å². The molecule has 3 nitrogen and oxygen atoms in total. The van der Waals surface area contributed by atoms with E-state index in [9.17, 15) is 4.79 Å². The maximum Gasteiger partial charge on any atom is 0.323 e. The highest BCUT2D eigenvalue weighted by Crippen LogP contribution is 2.09. The molecular weight excluding hydrogens is 226 g/mol. The number of hydrogen-bond acceptors (Lipinski definition) is 3. The lowest BCUT2D eigenvalue weighted by atomic mass is 10.1. The van der Waals surface area contributed by atoms with Crippen LogP contribution in [0.25, 0.3) is 6.08 Å². The summed E-state index contributed by atoms with van der Waals surface area (Å²) in [6, 6.07) is 9.28. The van der Waals surface area contributed by atoms with E-state index in [1.807, 2.05) is 63.3 Å². The Hall–Kier alpha value is -1.61. The molecule has 0 heterocycles. The molecule has 1 aromatic carbocycles. The van der Waals surface area contributed by atoms with E-state index in [0.717, 1.165) is 5.56 Å². The second-order valence-corrected chi connectivity index (χ2v) is 5.19. The molecule has 1 rings (SSSR count). The normalized spacial score (nSPS) is 13.6. The van der Waals surface area contributed by atoms with Gasteiger partial charge in [-0.3, -0.25) is 4.79 Å². The van der Waals surface area contributed by atoms with E-state index < -0.39 is 11.6 Å². The molecule has 0 spiro atoms. The zero-order valence-corrected chi connectivity index (χ0v) is 11.2. The first-order valence-corrected chi connectivity index (χ1v) is 6.08. The molecule has 1 atom stereocenters. The molecule has 18 heavy (non-hydrogen) atoms. The Kier molecular flexibility index (Phi) is 5.10. The molecule has 0 aliphatic heterocycles.